The highest BCUT2D eigenvalue weighted by Crippen LogP contribution is 2.22. The molecule has 1 saturated heterocycles. The summed E-state index contributed by atoms with van der Waals surface area (Å²) in [6.07, 6.45) is 1.84. The van der Waals surface area contributed by atoms with Crippen LogP contribution < -0.4 is 10.1 Å². The third kappa shape index (κ3) is 4.93. The fourth-order valence-electron chi connectivity index (χ4n) is 3.19. The van der Waals surface area contributed by atoms with Gasteiger partial charge in [0.05, 0.1) is 12.3 Å². The summed E-state index contributed by atoms with van der Waals surface area (Å²) in [7, 11) is -3.25. The largest absolute Gasteiger partial charge is 0.492 e. The van der Waals surface area contributed by atoms with Gasteiger partial charge in [-0.05, 0) is 18.9 Å². The average Bonchev–Trinajstić information content (AvgIpc) is 3.04. The number of nitrogens with zero attached hydrogens (tertiary/aromatic N) is 2. The monoisotopic (exact) mass is 367 g/mol. The molecule has 0 bridgehead atoms. The molecule has 8 heteroatoms. The van der Waals surface area contributed by atoms with Crippen molar-refractivity contribution in [3.05, 3.63) is 29.8 Å². The van der Waals surface area contributed by atoms with E-state index >= 15 is 0 Å². The summed E-state index contributed by atoms with van der Waals surface area (Å²) in [5, 5.41) is 2.73. The number of amides is 1. The quantitative estimate of drug-likeness (QED) is 0.789. The molecule has 2 aliphatic heterocycles. The number of carbonyl (C=O) groups is 1. The van der Waals surface area contributed by atoms with Gasteiger partial charge in [-0.15, -0.1) is 0 Å². The molecule has 2 aliphatic rings. The minimum atomic E-state index is -3.25. The Morgan fingerprint density at radius 3 is 2.72 bits per heavy atom. The van der Waals surface area contributed by atoms with Gasteiger partial charge in [-0.3, -0.25) is 9.69 Å². The third-order valence-electron chi connectivity index (χ3n) is 4.54. The van der Waals surface area contributed by atoms with E-state index in [0.29, 0.717) is 32.8 Å². The van der Waals surface area contributed by atoms with E-state index in [2.05, 4.69) is 5.32 Å². The normalized spacial score (nSPS) is 19.0. The molecule has 0 atom stereocenters. The summed E-state index contributed by atoms with van der Waals surface area (Å²) < 4.78 is 31.5. The molecular formula is C17H25N3O4S. The number of ether oxygens (including phenoxy) is 1. The van der Waals surface area contributed by atoms with Crippen LogP contribution in [0.3, 0.4) is 0 Å². The Morgan fingerprint density at radius 1 is 1.16 bits per heavy atom. The van der Waals surface area contributed by atoms with Crippen molar-refractivity contribution in [1.29, 1.82) is 0 Å². The van der Waals surface area contributed by atoms with Gasteiger partial charge >= 0.3 is 0 Å². The van der Waals surface area contributed by atoms with Gasteiger partial charge in [-0.25, -0.2) is 12.7 Å². The van der Waals surface area contributed by atoms with E-state index < -0.39 is 10.0 Å². The van der Waals surface area contributed by atoms with Crippen molar-refractivity contribution in [3.8, 4) is 5.75 Å². The Labute approximate surface area is 149 Å². The fourth-order valence-corrected chi connectivity index (χ4v) is 4.62. The van der Waals surface area contributed by atoms with Crippen LogP contribution in [0, 0.1) is 0 Å². The van der Waals surface area contributed by atoms with Crippen molar-refractivity contribution in [1.82, 2.24) is 14.5 Å². The molecule has 1 amide bonds. The van der Waals surface area contributed by atoms with E-state index in [1.165, 1.54) is 4.31 Å². The molecule has 0 unspecified atom stereocenters. The molecule has 1 aromatic rings. The number of hydrogen-bond acceptors (Lipinski definition) is 5. The smallest absolute Gasteiger partial charge is 0.234 e. The zero-order valence-corrected chi connectivity index (χ0v) is 15.1. The molecule has 0 aromatic heterocycles. The van der Waals surface area contributed by atoms with Gasteiger partial charge in [-0.1, -0.05) is 18.2 Å². The first-order valence-electron chi connectivity index (χ1n) is 8.72. The molecule has 0 spiro atoms. The van der Waals surface area contributed by atoms with Gasteiger partial charge in [0.1, 0.15) is 12.4 Å². The summed E-state index contributed by atoms with van der Waals surface area (Å²) >= 11 is 0. The first-order chi connectivity index (χ1) is 12.0. The van der Waals surface area contributed by atoms with Crippen LogP contribution in [0.25, 0.3) is 0 Å². The highest BCUT2D eigenvalue weighted by molar-refractivity contribution is 7.89. The van der Waals surface area contributed by atoms with Crippen LogP contribution >= 0.6 is 0 Å². The molecule has 2 heterocycles. The van der Waals surface area contributed by atoms with Crippen molar-refractivity contribution in [2.45, 2.75) is 19.4 Å². The summed E-state index contributed by atoms with van der Waals surface area (Å²) in [6.45, 7) is 3.43. The number of para-hydroxylation sites is 1. The van der Waals surface area contributed by atoms with Crippen LogP contribution in [0.15, 0.2) is 24.3 Å². The fraction of sp³-hybridized carbons (Fsp3) is 0.588. The number of sulfonamides is 1. The van der Waals surface area contributed by atoms with Crippen molar-refractivity contribution in [2.75, 3.05) is 45.1 Å². The van der Waals surface area contributed by atoms with Crippen LogP contribution in [-0.2, 0) is 21.4 Å². The van der Waals surface area contributed by atoms with Crippen LogP contribution in [0.1, 0.15) is 18.4 Å². The van der Waals surface area contributed by atoms with Crippen LogP contribution in [-0.4, -0.2) is 68.6 Å². The topological polar surface area (TPSA) is 79.0 Å². The maximum atomic E-state index is 12.1. The number of rotatable bonds is 6. The number of benzene rings is 1. The Kier molecular flexibility index (Phi) is 5.93. The number of carbonyl (C=O) groups excluding carboxylic acids is 1. The number of hydrogen-bond donors (Lipinski definition) is 1. The lowest BCUT2D eigenvalue weighted by Gasteiger charge is -2.19. The van der Waals surface area contributed by atoms with Gasteiger partial charge in [-0.2, -0.15) is 0 Å². The van der Waals surface area contributed by atoms with E-state index in [-0.39, 0.29) is 24.7 Å². The Morgan fingerprint density at radius 2 is 1.92 bits per heavy atom. The molecular weight excluding hydrogens is 342 g/mol. The minimum absolute atomic E-state index is 0.0370. The average molecular weight is 367 g/mol. The first kappa shape index (κ1) is 18.2. The second-order valence-electron chi connectivity index (χ2n) is 6.44. The molecule has 0 aliphatic carbocycles. The van der Waals surface area contributed by atoms with E-state index in [4.69, 9.17) is 4.74 Å². The molecule has 1 fully saturated rings. The molecule has 25 heavy (non-hydrogen) atoms. The highest BCUT2D eigenvalue weighted by Gasteiger charge is 2.25. The Bertz CT molecular complexity index is 702. The second-order valence-corrected chi connectivity index (χ2v) is 8.53. The lowest BCUT2D eigenvalue weighted by atomic mass is 10.2. The molecule has 0 radical (unpaired) electrons. The van der Waals surface area contributed by atoms with Crippen LogP contribution in [0.4, 0.5) is 0 Å². The molecule has 3 rings (SSSR count). The summed E-state index contributed by atoms with van der Waals surface area (Å²) in [6, 6.07) is 7.81. The second kappa shape index (κ2) is 8.16. The molecule has 1 N–H and O–H groups in total. The Hall–Kier alpha value is -1.64. The summed E-state index contributed by atoms with van der Waals surface area (Å²) in [5.74, 6) is 0.670. The van der Waals surface area contributed by atoms with E-state index in [9.17, 15) is 13.2 Å². The first-order valence-corrected chi connectivity index (χ1v) is 10.3. The van der Waals surface area contributed by atoms with Gasteiger partial charge in [0.15, 0.2) is 0 Å². The van der Waals surface area contributed by atoms with Gasteiger partial charge in [0, 0.05) is 38.3 Å². The summed E-state index contributed by atoms with van der Waals surface area (Å²) in [5.41, 5.74) is 1.06. The van der Waals surface area contributed by atoms with Crippen LogP contribution in [0.2, 0.25) is 0 Å². The molecule has 138 valence electrons. The number of fused-ring (bicyclic) bond motifs is 1. The van der Waals surface area contributed by atoms with E-state index in [1.54, 1.807) is 0 Å². The van der Waals surface area contributed by atoms with Gasteiger partial charge in [0.25, 0.3) is 0 Å². The van der Waals surface area contributed by atoms with Gasteiger partial charge in [0.2, 0.25) is 15.9 Å². The SMILES string of the molecule is O=C(CN1CCOc2ccccc2C1)NCCS(=O)(=O)N1CCCC1. The molecule has 1 aromatic carbocycles. The van der Waals surface area contributed by atoms with Crippen molar-refractivity contribution in [3.63, 3.8) is 0 Å². The lowest BCUT2D eigenvalue weighted by molar-refractivity contribution is -0.122. The van der Waals surface area contributed by atoms with Crippen LogP contribution in [0.5, 0.6) is 5.75 Å². The maximum Gasteiger partial charge on any atom is 0.234 e. The van der Waals surface area contributed by atoms with Crippen molar-refractivity contribution >= 4 is 15.9 Å². The predicted molar refractivity (Wildman–Crippen MR) is 94.8 cm³/mol. The Balaban J connectivity index is 1.45. The zero-order chi connectivity index (χ0) is 17.7. The minimum Gasteiger partial charge on any atom is -0.492 e. The lowest BCUT2D eigenvalue weighted by Crippen LogP contribution is -2.41. The van der Waals surface area contributed by atoms with E-state index in [1.807, 2.05) is 29.2 Å². The standard InChI is InChI=1S/C17H25N3O4S/c21-17(18-7-12-25(22,23)20-8-3-4-9-20)14-19-10-11-24-16-6-2-1-5-15(16)13-19/h1-2,5-6H,3-4,7-14H2,(H,18,21). The predicted octanol–water partition coefficient (Wildman–Crippen LogP) is 0.423. The van der Waals surface area contributed by atoms with Crippen molar-refractivity contribution < 1.29 is 17.9 Å². The van der Waals surface area contributed by atoms with Gasteiger partial charge < -0.3 is 10.1 Å². The maximum absolute atomic E-state index is 12.1. The number of nitrogens with one attached hydrogen (secondary N) is 1. The third-order valence-corrected chi connectivity index (χ3v) is 6.41. The summed E-state index contributed by atoms with van der Waals surface area (Å²) in [4.78, 5) is 14.2. The zero-order valence-electron chi connectivity index (χ0n) is 14.3. The van der Waals surface area contributed by atoms with E-state index in [0.717, 1.165) is 24.2 Å². The van der Waals surface area contributed by atoms with Crippen molar-refractivity contribution in [2.24, 2.45) is 0 Å². The molecule has 0 saturated carbocycles. The highest BCUT2D eigenvalue weighted by atomic mass is 32.2. The molecule has 7 nitrogen and oxygen atoms in total.